The summed E-state index contributed by atoms with van der Waals surface area (Å²) in [4.78, 5) is 14.8. The monoisotopic (exact) mass is 420 g/mol. The number of carbonyl (C=O) groups is 1. The smallest absolute Gasteiger partial charge is 0.255 e. The number of rotatable bonds is 8. The first-order valence-electron chi connectivity index (χ1n) is 8.42. The summed E-state index contributed by atoms with van der Waals surface area (Å²) in [6.07, 6.45) is 0. The molecule has 6 heteroatoms. The molecule has 0 aliphatic carbocycles. The number of hydrogen-bond donors (Lipinski definition) is 1. The minimum absolute atomic E-state index is 0.157. The maximum absolute atomic E-state index is 12.8. The molecule has 0 radical (unpaired) electrons. The number of nitrogens with zero attached hydrogens (tertiary/aromatic N) is 1. The van der Waals surface area contributed by atoms with Crippen LogP contribution in [0.5, 0.6) is 11.5 Å². The van der Waals surface area contributed by atoms with Gasteiger partial charge in [-0.05, 0) is 56.9 Å². The SMILES string of the molecule is COc1cccc(C(C)NC(=O)c2ccc(Br)cc2OCCN(C)C)c1. The van der Waals surface area contributed by atoms with E-state index in [9.17, 15) is 4.79 Å². The van der Waals surface area contributed by atoms with Gasteiger partial charge in [-0.3, -0.25) is 4.79 Å². The topological polar surface area (TPSA) is 50.8 Å². The molecular weight excluding hydrogens is 396 g/mol. The zero-order valence-electron chi connectivity index (χ0n) is 15.6. The molecule has 0 bridgehead atoms. The van der Waals surface area contributed by atoms with Gasteiger partial charge in [0.25, 0.3) is 5.91 Å². The third kappa shape index (κ3) is 5.75. The molecule has 2 aromatic rings. The van der Waals surface area contributed by atoms with Crippen LogP contribution in [-0.2, 0) is 0 Å². The van der Waals surface area contributed by atoms with Crippen molar-refractivity contribution < 1.29 is 14.3 Å². The van der Waals surface area contributed by atoms with Gasteiger partial charge in [-0.25, -0.2) is 0 Å². The lowest BCUT2D eigenvalue weighted by molar-refractivity contribution is 0.0935. The van der Waals surface area contributed by atoms with Gasteiger partial charge in [0, 0.05) is 11.0 Å². The lowest BCUT2D eigenvalue weighted by Crippen LogP contribution is -2.27. The minimum Gasteiger partial charge on any atom is -0.497 e. The summed E-state index contributed by atoms with van der Waals surface area (Å²) in [5, 5.41) is 3.02. The quantitative estimate of drug-likeness (QED) is 0.703. The average molecular weight is 421 g/mol. The van der Waals surface area contributed by atoms with Crippen LogP contribution in [0.2, 0.25) is 0 Å². The summed E-state index contributed by atoms with van der Waals surface area (Å²) >= 11 is 3.43. The summed E-state index contributed by atoms with van der Waals surface area (Å²) in [6.45, 7) is 3.22. The Kier molecular flexibility index (Phi) is 7.48. The molecule has 0 aliphatic heterocycles. The molecule has 1 amide bonds. The minimum atomic E-state index is -0.173. The fourth-order valence-electron chi connectivity index (χ4n) is 2.41. The van der Waals surface area contributed by atoms with Crippen LogP contribution in [0.15, 0.2) is 46.9 Å². The highest BCUT2D eigenvalue weighted by molar-refractivity contribution is 9.10. The summed E-state index contributed by atoms with van der Waals surface area (Å²) in [6, 6.07) is 12.9. The molecule has 1 unspecified atom stereocenters. The molecule has 1 N–H and O–H groups in total. The van der Waals surface area contributed by atoms with Gasteiger partial charge in [-0.2, -0.15) is 0 Å². The molecule has 0 fully saturated rings. The van der Waals surface area contributed by atoms with E-state index >= 15 is 0 Å². The number of benzene rings is 2. The normalized spacial score (nSPS) is 11.9. The summed E-state index contributed by atoms with van der Waals surface area (Å²) in [5.41, 5.74) is 1.49. The molecule has 0 spiro atoms. The van der Waals surface area contributed by atoms with E-state index in [0.717, 1.165) is 22.3 Å². The van der Waals surface area contributed by atoms with E-state index in [1.165, 1.54) is 0 Å². The van der Waals surface area contributed by atoms with Gasteiger partial charge in [0.1, 0.15) is 18.1 Å². The van der Waals surface area contributed by atoms with Crippen LogP contribution >= 0.6 is 15.9 Å². The zero-order chi connectivity index (χ0) is 19.1. The molecule has 0 heterocycles. The van der Waals surface area contributed by atoms with Gasteiger partial charge in [0.15, 0.2) is 0 Å². The van der Waals surface area contributed by atoms with Crippen molar-refractivity contribution in [1.29, 1.82) is 0 Å². The van der Waals surface area contributed by atoms with Crippen molar-refractivity contribution in [1.82, 2.24) is 10.2 Å². The van der Waals surface area contributed by atoms with Crippen molar-refractivity contribution in [3.8, 4) is 11.5 Å². The second-order valence-electron chi connectivity index (χ2n) is 6.26. The van der Waals surface area contributed by atoms with Crippen molar-refractivity contribution in [2.45, 2.75) is 13.0 Å². The molecule has 0 saturated carbocycles. The largest absolute Gasteiger partial charge is 0.497 e. The van der Waals surface area contributed by atoms with Gasteiger partial charge in [-0.1, -0.05) is 28.1 Å². The van der Waals surface area contributed by atoms with Crippen LogP contribution in [0.25, 0.3) is 0 Å². The number of nitrogens with one attached hydrogen (secondary N) is 1. The first kappa shape index (κ1) is 20.3. The van der Waals surface area contributed by atoms with Crippen molar-refractivity contribution in [3.05, 3.63) is 58.1 Å². The third-order valence-corrected chi connectivity index (χ3v) is 4.42. The van der Waals surface area contributed by atoms with Gasteiger partial charge in [0.05, 0.1) is 18.7 Å². The standard InChI is InChI=1S/C20H25BrN2O3/c1-14(15-6-5-7-17(12-15)25-4)22-20(24)18-9-8-16(21)13-19(18)26-11-10-23(2)3/h5-9,12-14H,10-11H2,1-4H3,(H,22,24). The molecule has 2 rings (SSSR count). The van der Waals surface area contributed by atoms with E-state index < -0.39 is 0 Å². The number of halogens is 1. The Morgan fingerprint density at radius 2 is 2.00 bits per heavy atom. The predicted molar refractivity (Wildman–Crippen MR) is 107 cm³/mol. The Labute approximate surface area is 163 Å². The second-order valence-corrected chi connectivity index (χ2v) is 7.18. The maximum atomic E-state index is 12.8. The van der Waals surface area contributed by atoms with Crippen LogP contribution in [0, 0.1) is 0 Å². The van der Waals surface area contributed by atoms with E-state index in [0.29, 0.717) is 17.9 Å². The molecule has 0 aliphatic rings. The lowest BCUT2D eigenvalue weighted by Gasteiger charge is -2.18. The zero-order valence-corrected chi connectivity index (χ0v) is 17.2. The van der Waals surface area contributed by atoms with Crippen LogP contribution < -0.4 is 14.8 Å². The molecule has 140 valence electrons. The second kappa shape index (κ2) is 9.59. The Balaban J connectivity index is 2.12. The average Bonchev–Trinajstić information content (AvgIpc) is 2.61. The Morgan fingerprint density at radius 3 is 2.69 bits per heavy atom. The van der Waals surface area contributed by atoms with E-state index in [1.54, 1.807) is 13.2 Å². The summed E-state index contributed by atoms with van der Waals surface area (Å²) < 4.78 is 11.9. The summed E-state index contributed by atoms with van der Waals surface area (Å²) in [5.74, 6) is 1.16. The van der Waals surface area contributed by atoms with Crippen LogP contribution in [0.4, 0.5) is 0 Å². The number of amides is 1. The summed E-state index contributed by atoms with van der Waals surface area (Å²) in [7, 11) is 5.59. The number of methoxy groups -OCH3 is 1. The van der Waals surface area contributed by atoms with Crippen molar-refractivity contribution in [2.24, 2.45) is 0 Å². The number of hydrogen-bond acceptors (Lipinski definition) is 4. The Morgan fingerprint density at radius 1 is 1.23 bits per heavy atom. The van der Waals surface area contributed by atoms with Crippen molar-refractivity contribution in [2.75, 3.05) is 34.4 Å². The van der Waals surface area contributed by atoms with Crippen LogP contribution in [0.1, 0.15) is 28.9 Å². The van der Waals surface area contributed by atoms with E-state index in [2.05, 4.69) is 21.2 Å². The van der Waals surface area contributed by atoms with Crippen LogP contribution in [-0.4, -0.2) is 45.2 Å². The molecule has 5 nitrogen and oxygen atoms in total. The van der Waals surface area contributed by atoms with E-state index in [-0.39, 0.29) is 11.9 Å². The number of carbonyl (C=O) groups excluding carboxylic acids is 1. The number of ether oxygens (including phenoxy) is 2. The van der Waals surface area contributed by atoms with Gasteiger partial charge >= 0.3 is 0 Å². The molecule has 0 aromatic heterocycles. The molecule has 1 atom stereocenters. The van der Waals surface area contributed by atoms with Crippen LogP contribution in [0.3, 0.4) is 0 Å². The molecule has 2 aromatic carbocycles. The van der Waals surface area contributed by atoms with E-state index in [1.807, 2.05) is 62.3 Å². The van der Waals surface area contributed by atoms with Gasteiger partial charge in [0.2, 0.25) is 0 Å². The maximum Gasteiger partial charge on any atom is 0.255 e. The lowest BCUT2D eigenvalue weighted by atomic mass is 10.1. The highest BCUT2D eigenvalue weighted by atomic mass is 79.9. The fraction of sp³-hybridized carbons (Fsp3) is 0.350. The molecule has 0 saturated heterocycles. The third-order valence-electron chi connectivity index (χ3n) is 3.93. The Bertz CT molecular complexity index is 750. The van der Waals surface area contributed by atoms with E-state index in [4.69, 9.17) is 9.47 Å². The van der Waals surface area contributed by atoms with Gasteiger partial charge in [-0.15, -0.1) is 0 Å². The fourth-order valence-corrected chi connectivity index (χ4v) is 2.75. The van der Waals surface area contributed by atoms with Crippen molar-refractivity contribution >= 4 is 21.8 Å². The highest BCUT2D eigenvalue weighted by Gasteiger charge is 2.17. The molecular formula is C20H25BrN2O3. The number of likely N-dealkylation sites (N-methyl/N-ethyl adjacent to an activating group) is 1. The predicted octanol–water partition coefficient (Wildman–Crippen LogP) is 3.89. The highest BCUT2D eigenvalue weighted by Crippen LogP contribution is 2.25. The van der Waals surface area contributed by atoms with Crippen molar-refractivity contribution in [3.63, 3.8) is 0 Å². The first-order chi connectivity index (χ1) is 12.4. The first-order valence-corrected chi connectivity index (χ1v) is 9.22. The molecule has 26 heavy (non-hydrogen) atoms. The van der Waals surface area contributed by atoms with Gasteiger partial charge < -0.3 is 19.7 Å². The Hall–Kier alpha value is -2.05.